The van der Waals surface area contributed by atoms with Crippen LogP contribution in [-0.4, -0.2) is 17.0 Å². The average molecular weight is 456 g/mol. The monoisotopic (exact) mass is 455 g/mol. The Morgan fingerprint density at radius 3 is 2.45 bits per heavy atom. The molecule has 0 aliphatic heterocycles. The zero-order valence-corrected chi connectivity index (χ0v) is 18.2. The minimum absolute atomic E-state index is 0.0534. The molecule has 3 rings (SSSR count). The predicted molar refractivity (Wildman–Crippen MR) is 120 cm³/mol. The Morgan fingerprint density at radius 2 is 1.79 bits per heavy atom. The summed E-state index contributed by atoms with van der Waals surface area (Å²) in [6.07, 6.45) is 7.97. The summed E-state index contributed by atoms with van der Waals surface area (Å²) in [5, 5.41) is 8.94. The van der Waals surface area contributed by atoms with E-state index in [9.17, 15) is 9.59 Å². The molecule has 1 N–H and O–H groups in total. The van der Waals surface area contributed by atoms with E-state index in [0.29, 0.717) is 6.54 Å². The largest absolute Gasteiger partial charge is 0.478 e. The number of carboxylic acid groups (broad SMARTS) is 1. The third kappa shape index (κ3) is 6.04. The van der Waals surface area contributed by atoms with E-state index in [0.717, 1.165) is 58.6 Å². The summed E-state index contributed by atoms with van der Waals surface area (Å²) in [6.45, 7) is 2.46. The van der Waals surface area contributed by atoms with Crippen LogP contribution in [-0.2, 0) is 16.1 Å². The molecule has 0 radical (unpaired) electrons. The molecule has 0 aromatic heterocycles. The van der Waals surface area contributed by atoms with E-state index in [1.165, 1.54) is 6.42 Å². The SMILES string of the molecule is Cc1cc(C=CC(=O)O)cc(N(Cc2ccc(Br)cc2)C(=O)C2CCCCC2)c1. The molecule has 0 unspecified atom stereocenters. The molecule has 2 aromatic rings. The van der Waals surface area contributed by atoms with Gasteiger partial charge >= 0.3 is 5.97 Å². The molecular weight excluding hydrogens is 430 g/mol. The number of carboxylic acids is 1. The van der Waals surface area contributed by atoms with Crippen LogP contribution in [0.1, 0.15) is 48.8 Å². The molecule has 0 heterocycles. The number of anilines is 1. The van der Waals surface area contributed by atoms with Crippen molar-refractivity contribution in [2.45, 2.75) is 45.6 Å². The van der Waals surface area contributed by atoms with E-state index >= 15 is 0 Å². The zero-order chi connectivity index (χ0) is 20.8. The summed E-state index contributed by atoms with van der Waals surface area (Å²) in [7, 11) is 0. The van der Waals surface area contributed by atoms with Gasteiger partial charge in [0.05, 0.1) is 6.54 Å². The highest BCUT2D eigenvalue weighted by Gasteiger charge is 2.27. The van der Waals surface area contributed by atoms with Crippen molar-refractivity contribution in [2.24, 2.45) is 5.92 Å². The van der Waals surface area contributed by atoms with Gasteiger partial charge in [0.1, 0.15) is 0 Å². The maximum Gasteiger partial charge on any atom is 0.328 e. The second-order valence-corrected chi connectivity index (χ2v) is 8.57. The lowest BCUT2D eigenvalue weighted by Crippen LogP contribution is -2.36. The van der Waals surface area contributed by atoms with Gasteiger partial charge in [-0.1, -0.05) is 53.4 Å². The third-order valence-electron chi connectivity index (χ3n) is 5.29. The molecule has 0 bridgehead atoms. The van der Waals surface area contributed by atoms with Gasteiger partial charge in [-0.15, -0.1) is 0 Å². The Kier molecular flexibility index (Phi) is 7.26. The lowest BCUT2D eigenvalue weighted by molar-refractivity contribution is -0.131. The molecule has 0 spiro atoms. The summed E-state index contributed by atoms with van der Waals surface area (Å²) < 4.78 is 1.00. The Balaban J connectivity index is 1.96. The van der Waals surface area contributed by atoms with E-state index in [1.54, 1.807) is 6.08 Å². The molecule has 0 atom stereocenters. The lowest BCUT2D eigenvalue weighted by Gasteiger charge is -2.30. The minimum atomic E-state index is -0.988. The van der Waals surface area contributed by atoms with Crippen LogP contribution in [0.25, 0.3) is 6.08 Å². The van der Waals surface area contributed by atoms with Crippen molar-refractivity contribution in [1.82, 2.24) is 0 Å². The Labute approximate surface area is 180 Å². The number of aliphatic carboxylic acids is 1. The van der Waals surface area contributed by atoms with Gasteiger partial charge < -0.3 is 10.0 Å². The molecule has 1 aliphatic rings. The van der Waals surface area contributed by atoms with Gasteiger partial charge in [0.25, 0.3) is 0 Å². The Bertz CT molecular complexity index is 899. The molecule has 2 aromatic carbocycles. The lowest BCUT2D eigenvalue weighted by atomic mass is 9.88. The van der Waals surface area contributed by atoms with Gasteiger partial charge in [0.15, 0.2) is 0 Å². The van der Waals surface area contributed by atoms with Gasteiger partial charge in [-0.25, -0.2) is 4.79 Å². The van der Waals surface area contributed by atoms with Gasteiger partial charge in [-0.3, -0.25) is 4.79 Å². The highest BCUT2D eigenvalue weighted by Crippen LogP contribution is 2.30. The summed E-state index contributed by atoms with van der Waals surface area (Å²) in [6, 6.07) is 13.8. The van der Waals surface area contributed by atoms with Crippen LogP contribution >= 0.6 is 15.9 Å². The van der Waals surface area contributed by atoms with E-state index in [1.807, 2.05) is 54.3 Å². The van der Waals surface area contributed by atoms with Gasteiger partial charge in [0.2, 0.25) is 5.91 Å². The van der Waals surface area contributed by atoms with E-state index in [4.69, 9.17) is 5.11 Å². The normalized spacial score (nSPS) is 14.8. The fraction of sp³-hybridized carbons (Fsp3) is 0.333. The number of amides is 1. The summed E-state index contributed by atoms with van der Waals surface area (Å²) in [5.74, 6) is -0.776. The molecule has 1 fully saturated rings. The Hall–Kier alpha value is -2.40. The molecule has 5 heteroatoms. The highest BCUT2D eigenvalue weighted by atomic mass is 79.9. The molecular formula is C24H26BrNO3. The van der Waals surface area contributed by atoms with Crippen LogP contribution in [0.2, 0.25) is 0 Å². The number of hydrogen-bond donors (Lipinski definition) is 1. The van der Waals surface area contributed by atoms with Crippen molar-refractivity contribution in [2.75, 3.05) is 4.90 Å². The van der Waals surface area contributed by atoms with Gasteiger partial charge in [0, 0.05) is 22.2 Å². The molecule has 0 saturated heterocycles. The van der Waals surface area contributed by atoms with Crippen LogP contribution in [0.3, 0.4) is 0 Å². The first kappa shape index (κ1) is 21.3. The zero-order valence-electron chi connectivity index (χ0n) is 16.6. The van der Waals surface area contributed by atoms with Crippen molar-refractivity contribution in [3.63, 3.8) is 0 Å². The number of carbonyl (C=O) groups excluding carboxylic acids is 1. The molecule has 1 aliphatic carbocycles. The smallest absolute Gasteiger partial charge is 0.328 e. The molecule has 152 valence electrons. The maximum absolute atomic E-state index is 13.5. The molecule has 1 amide bonds. The number of rotatable bonds is 6. The average Bonchev–Trinajstić information content (AvgIpc) is 2.71. The number of aryl methyl sites for hydroxylation is 1. The number of benzene rings is 2. The predicted octanol–water partition coefficient (Wildman–Crippen LogP) is 5.97. The van der Waals surface area contributed by atoms with Crippen LogP contribution < -0.4 is 4.90 Å². The van der Waals surface area contributed by atoms with E-state index < -0.39 is 5.97 Å². The minimum Gasteiger partial charge on any atom is -0.478 e. The van der Waals surface area contributed by atoms with Crippen LogP contribution in [0, 0.1) is 12.8 Å². The first-order chi connectivity index (χ1) is 13.9. The second kappa shape index (κ2) is 9.88. The Morgan fingerprint density at radius 1 is 1.10 bits per heavy atom. The summed E-state index contributed by atoms with van der Waals surface area (Å²) >= 11 is 3.46. The van der Waals surface area contributed by atoms with Crippen LogP contribution in [0.4, 0.5) is 5.69 Å². The number of hydrogen-bond acceptors (Lipinski definition) is 2. The fourth-order valence-electron chi connectivity index (χ4n) is 3.85. The first-order valence-electron chi connectivity index (χ1n) is 10.0. The number of nitrogens with zero attached hydrogens (tertiary/aromatic N) is 1. The van der Waals surface area contributed by atoms with E-state index in [2.05, 4.69) is 15.9 Å². The van der Waals surface area contributed by atoms with Gasteiger partial charge in [-0.2, -0.15) is 0 Å². The van der Waals surface area contributed by atoms with Crippen molar-refractivity contribution in [3.05, 3.63) is 69.7 Å². The van der Waals surface area contributed by atoms with Gasteiger partial charge in [-0.05, 0) is 66.8 Å². The van der Waals surface area contributed by atoms with E-state index in [-0.39, 0.29) is 11.8 Å². The summed E-state index contributed by atoms with van der Waals surface area (Å²) in [4.78, 5) is 26.2. The number of halogens is 1. The van der Waals surface area contributed by atoms with Crippen molar-refractivity contribution < 1.29 is 14.7 Å². The topological polar surface area (TPSA) is 57.6 Å². The third-order valence-corrected chi connectivity index (χ3v) is 5.82. The molecule has 1 saturated carbocycles. The quantitative estimate of drug-likeness (QED) is 0.545. The first-order valence-corrected chi connectivity index (χ1v) is 10.8. The second-order valence-electron chi connectivity index (χ2n) is 7.66. The summed E-state index contributed by atoms with van der Waals surface area (Å²) in [5.41, 5.74) is 3.64. The number of carbonyl (C=O) groups is 2. The van der Waals surface area contributed by atoms with Crippen LogP contribution in [0.5, 0.6) is 0 Å². The molecule has 29 heavy (non-hydrogen) atoms. The van der Waals surface area contributed by atoms with Crippen molar-refractivity contribution in [1.29, 1.82) is 0 Å². The van der Waals surface area contributed by atoms with Crippen molar-refractivity contribution in [3.8, 4) is 0 Å². The highest BCUT2D eigenvalue weighted by molar-refractivity contribution is 9.10. The maximum atomic E-state index is 13.5. The molecule has 4 nitrogen and oxygen atoms in total. The fourth-order valence-corrected chi connectivity index (χ4v) is 4.11. The van der Waals surface area contributed by atoms with Crippen molar-refractivity contribution >= 4 is 39.6 Å². The standard InChI is InChI=1S/C24H26BrNO3/c1-17-13-19(9-12-23(27)28)15-22(14-17)26(16-18-7-10-21(25)11-8-18)24(29)20-5-3-2-4-6-20/h7-15,20H,2-6,16H2,1H3,(H,27,28). The van der Waals surface area contributed by atoms with Crippen LogP contribution in [0.15, 0.2) is 53.0 Å².